The highest BCUT2D eigenvalue weighted by Gasteiger charge is 2.35. The van der Waals surface area contributed by atoms with Crippen molar-refractivity contribution in [2.24, 2.45) is 0 Å². The first-order valence-electron chi connectivity index (χ1n) is 10.9. The molecule has 188 valence electrons. The highest BCUT2D eigenvalue weighted by molar-refractivity contribution is 7.92. The fourth-order valence-electron chi connectivity index (χ4n) is 3.89. The topological polar surface area (TPSA) is 141 Å². The highest BCUT2D eigenvalue weighted by Crippen LogP contribution is 2.31. The number of urea groups is 1. The number of benzene rings is 2. The smallest absolute Gasteiger partial charge is 0.321 e. The Kier molecular flexibility index (Phi) is 7.43. The van der Waals surface area contributed by atoms with E-state index in [1.807, 2.05) is 0 Å². The number of para-hydroxylation sites is 1. The van der Waals surface area contributed by atoms with Crippen LogP contribution in [0.25, 0.3) is 11.1 Å². The average Bonchev–Trinajstić information content (AvgIpc) is 2.82. The first-order valence-corrected chi connectivity index (χ1v) is 13.2. The van der Waals surface area contributed by atoms with E-state index in [0.29, 0.717) is 22.0 Å². The second kappa shape index (κ2) is 10.5. The molecule has 1 aromatic heterocycles. The molecule has 1 aliphatic heterocycles. The predicted octanol–water partition coefficient (Wildman–Crippen LogP) is 3.06. The maximum absolute atomic E-state index is 13.1. The molecule has 0 saturated carbocycles. The lowest BCUT2D eigenvalue weighted by atomic mass is 10.00. The van der Waals surface area contributed by atoms with E-state index in [1.165, 1.54) is 17.2 Å². The van der Waals surface area contributed by atoms with E-state index in [2.05, 4.69) is 20.3 Å². The van der Waals surface area contributed by atoms with Crippen molar-refractivity contribution >= 4 is 50.8 Å². The second-order valence-corrected chi connectivity index (χ2v) is 10.5. The monoisotopic (exact) mass is 529 g/mol. The number of nitrogens with zero attached hydrogens (tertiary/aromatic N) is 2. The van der Waals surface area contributed by atoms with Crippen LogP contribution in [0.5, 0.6) is 0 Å². The van der Waals surface area contributed by atoms with Gasteiger partial charge in [-0.25, -0.2) is 18.2 Å². The van der Waals surface area contributed by atoms with Crippen molar-refractivity contribution < 1.29 is 23.1 Å². The summed E-state index contributed by atoms with van der Waals surface area (Å²) in [5, 5.41) is 15.9. The van der Waals surface area contributed by atoms with E-state index >= 15 is 0 Å². The van der Waals surface area contributed by atoms with E-state index < -0.39 is 28.2 Å². The van der Waals surface area contributed by atoms with Crippen LogP contribution >= 0.6 is 11.6 Å². The van der Waals surface area contributed by atoms with E-state index in [-0.39, 0.29) is 24.7 Å². The molecule has 0 radical (unpaired) electrons. The van der Waals surface area contributed by atoms with Crippen molar-refractivity contribution in [1.82, 2.24) is 10.3 Å². The third kappa shape index (κ3) is 6.30. The molecule has 2 aromatic carbocycles. The zero-order valence-electron chi connectivity index (χ0n) is 19.2. The molecule has 0 spiro atoms. The number of rotatable bonds is 6. The molecular formula is C24H24ClN5O5S. The number of carbonyl (C=O) groups excluding carboxylic acids is 2. The molecule has 1 fully saturated rings. The molecule has 3 aromatic rings. The standard InChI is InChI=1S/C24H24ClN5O5S/c1-36(34,35)29-20-5-3-2-4-19(20)15-6-9-17(10-7-15)30-14-18(31)12-21(23(30)32)27-24(33)28-22-11-8-16(25)13-26-22/h2-11,13,18,21,29,31H,12,14H2,1H3,(H2,26,27,28,33)/t18-,21-/m1/s1. The Labute approximate surface area is 213 Å². The number of carbonyl (C=O) groups is 2. The van der Waals surface area contributed by atoms with Gasteiger partial charge in [0.2, 0.25) is 15.9 Å². The van der Waals surface area contributed by atoms with Gasteiger partial charge in [0.25, 0.3) is 0 Å². The number of β-amino-alcohol motifs (C(OH)–C–C–N with tert-alkyl or cyclic N) is 1. The Morgan fingerprint density at radius 2 is 1.83 bits per heavy atom. The number of aromatic nitrogens is 1. The molecule has 1 aliphatic rings. The first kappa shape index (κ1) is 25.4. The van der Waals surface area contributed by atoms with Gasteiger partial charge < -0.3 is 15.3 Å². The number of anilines is 3. The van der Waals surface area contributed by atoms with Crippen molar-refractivity contribution in [2.75, 3.05) is 27.7 Å². The fourth-order valence-corrected chi connectivity index (χ4v) is 4.58. The number of hydrogen-bond donors (Lipinski definition) is 4. The van der Waals surface area contributed by atoms with Gasteiger partial charge in [0.1, 0.15) is 11.9 Å². The Balaban J connectivity index is 1.49. The Morgan fingerprint density at radius 1 is 1.11 bits per heavy atom. The summed E-state index contributed by atoms with van der Waals surface area (Å²) in [5.41, 5.74) is 2.37. The van der Waals surface area contributed by atoms with Crippen molar-refractivity contribution in [3.05, 3.63) is 71.9 Å². The number of pyridine rings is 1. The number of nitrogens with one attached hydrogen (secondary N) is 3. The molecular weight excluding hydrogens is 506 g/mol. The first-order chi connectivity index (χ1) is 17.1. The van der Waals surface area contributed by atoms with Gasteiger partial charge in [-0.1, -0.05) is 41.9 Å². The summed E-state index contributed by atoms with van der Waals surface area (Å²) in [6, 6.07) is 15.4. The molecule has 2 atom stereocenters. The summed E-state index contributed by atoms with van der Waals surface area (Å²) in [6.45, 7) is 0.0724. The molecule has 4 rings (SSSR count). The summed E-state index contributed by atoms with van der Waals surface area (Å²) in [7, 11) is -3.46. The maximum Gasteiger partial charge on any atom is 0.321 e. The van der Waals surface area contributed by atoms with Crippen LogP contribution in [0.3, 0.4) is 0 Å². The SMILES string of the molecule is CS(=O)(=O)Nc1ccccc1-c1ccc(N2C[C@H](O)C[C@@H](NC(=O)Nc3ccc(Cl)cn3)C2=O)cc1. The van der Waals surface area contributed by atoms with Gasteiger partial charge in [-0.05, 0) is 35.9 Å². The van der Waals surface area contributed by atoms with Crippen molar-refractivity contribution in [1.29, 1.82) is 0 Å². The van der Waals surface area contributed by atoms with Crippen LogP contribution in [0.1, 0.15) is 6.42 Å². The van der Waals surface area contributed by atoms with Crippen molar-refractivity contribution in [3.63, 3.8) is 0 Å². The van der Waals surface area contributed by atoms with Gasteiger partial charge in [-0.3, -0.25) is 14.8 Å². The van der Waals surface area contributed by atoms with Crippen LogP contribution in [0, 0.1) is 0 Å². The Hall–Kier alpha value is -3.67. The molecule has 2 heterocycles. The normalized spacial score (nSPS) is 18.0. The van der Waals surface area contributed by atoms with Crippen molar-refractivity contribution in [2.45, 2.75) is 18.6 Å². The molecule has 4 N–H and O–H groups in total. The maximum atomic E-state index is 13.1. The lowest BCUT2D eigenvalue weighted by Gasteiger charge is -2.35. The molecule has 1 saturated heterocycles. The van der Waals surface area contributed by atoms with Gasteiger partial charge in [0, 0.05) is 23.9 Å². The molecule has 3 amide bonds. The zero-order chi connectivity index (χ0) is 25.9. The Bertz CT molecular complexity index is 1370. The minimum Gasteiger partial charge on any atom is -0.391 e. The summed E-state index contributed by atoms with van der Waals surface area (Å²) >= 11 is 5.79. The zero-order valence-corrected chi connectivity index (χ0v) is 20.8. The number of aliphatic hydroxyl groups excluding tert-OH is 1. The van der Waals surface area contributed by atoms with Crippen LogP contribution in [-0.4, -0.2) is 55.4 Å². The molecule has 0 aliphatic carbocycles. The third-order valence-electron chi connectivity index (χ3n) is 5.45. The van der Waals surface area contributed by atoms with Crippen LogP contribution < -0.4 is 20.3 Å². The summed E-state index contributed by atoms with van der Waals surface area (Å²) in [4.78, 5) is 30.9. The van der Waals surface area contributed by atoms with Crippen LogP contribution in [0.4, 0.5) is 22.0 Å². The third-order valence-corrected chi connectivity index (χ3v) is 6.27. The summed E-state index contributed by atoms with van der Waals surface area (Å²) < 4.78 is 25.9. The van der Waals surface area contributed by atoms with Crippen LogP contribution in [-0.2, 0) is 14.8 Å². The predicted molar refractivity (Wildman–Crippen MR) is 139 cm³/mol. The Morgan fingerprint density at radius 3 is 2.50 bits per heavy atom. The largest absolute Gasteiger partial charge is 0.391 e. The van der Waals surface area contributed by atoms with E-state index in [0.717, 1.165) is 11.8 Å². The van der Waals surface area contributed by atoms with Crippen molar-refractivity contribution in [3.8, 4) is 11.1 Å². The number of amides is 3. The van der Waals surface area contributed by atoms with Gasteiger partial charge >= 0.3 is 6.03 Å². The van der Waals surface area contributed by atoms with Gasteiger partial charge in [-0.2, -0.15) is 0 Å². The molecule has 36 heavy (non-hydrogen) atoms. The highest BCUT2D eigenvalue weighted by atomic mass is 35.5. The van der Waals surface area contributed by atoms with E-state index in [4.69, 9.17) is 11.6 Å². The average molecular weight is 530 g/mol. The van der Waals surface area contributed by atoms with E-state index in [1.54, 1.807) is 54.6 Å². The number of aliphatic hydroxyl groups is 1. The van der Waals surface area contributed by atoms with Crippen LogP contribution in [0.2, 0.25) is 5.02 Å². The van der Waals surface area contributed by atoms with Gasteiger partial charge in [-0.15, -0.1) is 0 Å². The molecule has 0 unspecified atom stereocenters. The lowest BCUT2D eigenvalue weighted by molar-refractivity contribution is -0.123. The quantitative estimate of drug-likeness (QED) is 0.387. The number of halogens is 1. The molecule has 10 nitrogen and oxygen atoms in total. The van der Waals surface area contributed by atoms with Crippen LogP contribution in [0.15, 0.2) is 66.9 Å². The summed E-state index contributed by atoms with van der Waals surface area (Å²) in [6.07, 6.45) is 1.69. The number of piperidine rings is 1. The second-order valence-electron chi connectivity index (χ2n) is 8.32. The van der Waals surface area contributed by atoms with Gasteiger partial charge in [0.15, 0.2) is 0 Å². The molecule has 12 heteroatoms. The minimum absolute atomic E-state index is 0.0689. The number of hydrogen-bond acceptors (Lipinski definition) is 6. The molecule has 0 bridgehead atoms. The fraction of sp³-hybridized carbons (Fsp3) is 0.208. The summed E-state index contributed by atoms with van der Waals surface area (Å²) in [5.74, 6) is -0.106. The number of sulfonamides is 1. The van der Waals surface area contributed by atoms with Gasteiger partial charge in [0.05, 0.1) is 29.6 Å². The minimum atomic E-state index is -3.46. The van der Waals surface area contributed by atoms with E-state index in [9.17, 15) is 23.1 Å². The lowest BCUT2D eigenvalue weighted by Crippen LogP contribution is -2.57.